The summed E-state index contributed by atoms with van der Waals surface area (Å²) in [5.74, 6) is 1.17. The standard InChI is InChI=1S/C9H14ClN3/c1-6(2)4-7-5-8(10)13-9(11-3)12-7/h5-6H,4H2,1-3H3,(H,11,12,13). The van der Waals surface area contributed by atoms with Gasteiger partial charge in [-0.15, -0.1) is 0 Å². The minimum Gasteiger partial charge on any atom is -0.357 e. The van der Waals surface area contributed by atoms with Crippen molar-refractivity contribution in [2.24, 2.45) is 5.92 Å². The van der Waals surface area contributed by atoms with Crippen molar-refractivity contribution in [3.8, 4) is 0 Å². The van der Waals surface area contributed by atoms with Crippen LogP contribution < -0.4 is 5.32 Å². The van der Waals surface area contributed by atoms with Crippen molar-refractivity contribution < 1.29 is 0 Å². The van der Waals surface area contributed by atoms with Gasteiger partial charge < -0.3 is 5.32 Å². The Kier molecular flexibility index (Phi) is 3.48. The third-order valence-corrected chi connectivity index (χ3v) is 1.78. The van der Waals surface area contributed by atoms with E-state index in [4.69, 9.17) is 11.6 Å². The molecular formula is C9H14ClN3. The zero-order valence-electron chi connectivity index (χ0n) is 8.13. The highest BCUT2D eigenvalue weighted by Crippen LogP contribution is 2.13. The molecular weight excluding hydrogens is 186 g/mol. The van der Waals surface area contributed by atoms with Crippen molar-refractivity contribution in [2.75, 3.05) is 12.4 Å². The minimum atomic E-state index is 0.495. The fourth-order valence-electron chi connectivity index (χ4n) is 1.10. The monoisotopic (exact) mass is 199 g/mol. The highest BCUT2D eigenvalue weighted by atomic mass is 35.5. The van der Waals surface area contributed by atoms with Gasteiger partial charge in [0.25, 0.3) is 0 Å². The molecule has 13 heavy (non-hydrogen) atoms. The lowest BCUT2D eigenvalue weighted by molar-refractivity contribution is 0.634. The first-order valence-corrected chi connectivity index (χ1v) is 4.71. The highest BCUT2D eigenvalue weighted by molar-refractivity contribution is 6.29. The van der Waals surface area contributed by atoms with Gasteiger partial charge >= 0.3 is 0 Å². The second kappa shape index (κ2) is 4.42. The highest BCUT2D eigenvalue weighted by Gasteiger charge is 2.03. The number of nitrogens with one attached hydrogen (secondary N) is 1. The van der Waals surface area contributed by atoms with Crippen LogP contribution in [0.15, 0.2) is 6.07 Å². The largest absolute Gasteiger partial charge is 0.357 e. The van der Waals surface area contributed by atoms with E-state index in [0.717, 1.165) is 12.1 Å². The fourth-order valence-corrected chi connectivity index (χ4v) is 1.30. The first-order chi connectivity index (χ1) is 6.11. The Labute approximate surface area is 83.5 Å². The molecule has 0 saturated carbocycles. The van der Waals surface area contributed by atoms with Gasteiger partial charge in [-0.3, -0.25) is 0 Å². The maximum absolute atomic E-state index is 5.82. The van der Waals surface area contributed by atoms with Gasteiger partial charge in [0.15, 0.2) is 0 Å². The molecule has 0 atom stereocenters. The smallest absolute Gasteiger partial charge is 0.224 e. The molecule has 1 aromatic heterocycles. The molecule has 3 nitrogen and oxygen atoms in total. The van der Waals surface area contributed by atoms with E-state index in [9.17, 15) is 0 Å². The van der Waals surface area contributed by atoms with E-state index in [2.05, 4.69) is 29.1 Å². The Morgan fingerprint density at radius 3 is 2.69 bits per heavy atom. The van der Waals surface area contributed by atoms with E-state index >= 15 is 0 Å². The molecule has 0 fully saturated rings. The number of hydrogen-bond donors (Lipinski definition) is 1. The van der Waals surface area contributed by atoms with Crippen molar-refractivity contribution in [1.82, 2.24) is 9.97 Å². The third kappa shape index (κ3) is 3.19. The Hall–Kier alpha value is -0.830. The number of halogens is 1. The predicted molar refractivity (Wildman–Crippen MR) is 55.1 cm³/mol. The van der Waals surface area contributed by atoms with Crippen LogP contribution in [0.2, 0.25) is 5.15 Å². The molecule has 1 rings (SSSR count). The van der Waals surface area contributed by atoms with Crippen LogP contribution in [0, 0.1) is 5.92 Å². The summed E-state index contributed by atoms with van der Waals surface area (Å²) in [4.78, 5) is 8.29. The second-order valence-electron chi connectivity index (χ2n) is 3.35. The maximum atomic E-state index is 5.82. The topological polar surface area (TPSA) is 37.8 Å². The zero-order chi connectivity index (χ0) is 9.84. The summed E-state index contributed by atoms with van der Waals surface area (Å²) in [6, 6.07) is 1.81. The van der Waals surface area contributed by atoms with E-state index in [1.54, 1.807) is 7.05 Å². The number of rotatable bonds is 3. The number of aromatic nitrogens is 2. The summed E-state index contributed by atoms with van der Waals surface area (Å²) in [5, 5.41) is 3.37. The minimum absolute atomic E-state index is 0.495. The van der Waals surface area contributed by atoms with Gasteiger partial charge in [-0.05, 0) is 18.4 Å². The number of nitrogens with zero attached hydrogens (tertiary/aromatic N) is 2. The third-order valence-electron chi connectivity index (χ3n) is 1.59. The predicted octanol–water partition coefficient (Wildman–Crippen LogP) is 2.37. The molecule has 4 heteroatoms. The number of hydrogen-bond acceptors (Lipinski definition) is 3. The van der Waals surface area contributed by atoms with Crippen LogP contribution in [0.4, 0.5) is 5.95 Å². The molecule has 1 heterocycles. The quantitative estimate of drug-likeness (QED) is 0.760. The van der Waals surface area contributed by atoms with Gasteiger partial charge in [0.1, 0.15) is 5.15 Å². The van der Waals surface area contributed by atoms with Gasteiger partial charge in [-0.25, -0.2) is 9.97 Å². The molecule has 0 spiro atoms. The van der Waals surface area contributed by atoms with Crippen LogP contribution in [0.3, 0.4) is 0 Å². The van der Waals surface area contributed by atoms with E-state index in [1.165, 1.54) is 0 Å². The molecule has 0 unspecified atom stereocenters. The van der Waals surface area contributed by atoms with Gasteiger partial charge in [0.2, 0.25) is 5.95 Å². The molecule has 0 saturated heterocycles. The lowest BCUT2D eigenvalue weighted by Crippen LogP contribution is -2.02. The molecule has 0 bridgehead atoms. The molecule has 0 aliphatic carbocycles. The van der Waals surface area contributed by atoms with Crippen molar-refractivity contribution in [2.45, 2.75) is 20.3 Å². The Morgan fingerprint density at radius 2 is 2.15 bits per heavy atom. The summed E-state index contributed by atoms with van der Waals surface area (Å²) in [6.07, 6.45) is 0.928. The van der Waals surface area contributed by atoms with Crippen LogP contribution in [0.5, 0.6) is 0 Å². The van der Waals surface area contributed by atoms with Crippen molar-refractivity contribution in [3.05, 3.63) is 16.9 Å². The molecule has 0 aliphatic rings. The average Bonchev–Trinajstić information content (AvgIpc) is 2.01. The van der Waals surface area contributed by atoms with Crippen LogP contribution in [-0.4, -0.2) is 17.0 Å². The van der Waals surface area contributed by atoms with Crippen LogP contribution in [0.25, 0.3) is 0 Å². The molecule has 72 valence electrons. The van der Waals surface area contributed by atoms with Gasteiger partial charge in [0, 0.05) is 12.7 Å². The van der Waals surface area contributed by atoms with E-state index < -0.39 is 0 Å². The summed E-state index contributed by atoms with van der Waals surface area (Å²) in [5.41, 5.74) is 0.986. The molecule has 1 aromatic rings. The molecule has 0 aliphatic heterocycles. The fraction of sp³-hybridized carbons (Fsp3) is 0.556. The summed E-state index contributed by atoms with van der Waals surface area (Å²) >= 11 is 5.82. The van der Waals surface area contributed by atoms with Crippen molar-refractivity contribution in [1.29, 1.82) is 0 Å². The Bertz CT molecular complexity index is 286. The van der Waals surface area contributed by atoms with Crippen LogP contribution in [-0.2, 0) is 6.42 Å². The van der Waals surface area contributed by atoms with Gasteiger partial charge in [-0.2, -0.15) is 0 Å². The molecule has 0 amide bonds. The first kappa shape index (κ1) is 10.3. The average molecular weight is 200 g/mol. The van der Waals surface area contributed by atoms with Crippen molar-refractivity contribution in [3.63, 3.8) is 0 Å². The Balaban J connectivity index is 2.88. The van der Waals surface area contributed by atoms with Crippen LogP contribution >= 0.6 is 11.6 Å². The summed E-state index contributed by atoms with van der Waals surface area (Å²) < 4.78 is 0. The molecule has 0 radical (unpaired) electrons. The maximum Gasteiger partial charge on any atom is 0.224 e. The van der Waals surface area contributed by atoms with Crippen LogP contribution in [0.1, 0.15) is 19.5 Å². The normalized spacial score (nSPS) is 10.5. The Morgan fingerprint density at radius 1 is 1.46 bits per heavy atom. The summed E-state index contributed by atoms with van der Waals surface area (Å²) in [6.45, 7) is 4.30. The second-order valence-corrected chi connectivity index (χ2v) is 3.74. The van der Waals surface area contributed by atoms with Crippen molar-refractivity contribution >= 4 is 17.5 Å². The van der Waals surface area contributed by atoms with E-state index in [1.807, 2.05) is 6.07 Å². The van der Waals surface area contributed by atoms with Gasteiger partial charge in [0.05, 0.1) is 0 Å². The molecule has 0 aromatic carbocycles. The SMILES string of the molecule is CNc1nc(Cl)cc(CC(C)C)n1. The van der Waals surface area contributed by atoms with E-state index in [0.29, 0.717) is 17.0 Å². The zero-order valence-corrected chi connectivity index (χ0v) is 8.89. The number of anilines is 1. The van der Waals surface area contributed by atoms with Gasteiger partial charge in [-0.1, -0.05) is 25.4 Å². The lowest BCUT2D eigenvalue weighted by atomic mass is 10.1. The lowest BCUT2D eigenvalue weighted by Gasteiger charge is -2.06. The first-order valence-electron chi connectivity index (χ1n) is 4.33. The van der Waals surface area contributed by atoms with E-state index in [-0.39, 0.29) is 0 Å². The molecule has 1 N–H and O–H groups in total. The summed E-state index contributed by atoms with van der Waals surface area (Å²) in [7, 11) is 1.78.